The van der Waals surface area contributed by atoms with Crippen molar-refractivity contribution in [1.29, 1.82) is 0 Å². The third kappa shape index (κ3) is 3.86. The van der Waals surface area contributed by atoms with Crippen LogP contribution in [0, 0.1) is 0 Å². The molecule has 2 aromatic heterocycles. The highest BCUT2D eigenvalue weighted by Gasteiger charge is 2.21. The number of rotatable bonds is 6. The number of hydrogen-bond acceptors (Lipinski definition) is 8. The van der Waals surface area contributed by atoms with Crippen LogP contribution in [0.2, 0.25) is 0 Å². The zero-order chi connectivity index (χ0) is 22.0. The van der Waals surface area contributed by atoms with Gasteiger partial charge in [0.2, 0.25) is 0 Å². The molecule has 4 N–H and O–H groups in total. The number of methoxy groups -OCH3 is 2. The van der Waals surface area contributed by atoms with E-state index in [9.17, 15) is 9.59 Å². The van der Waals surface area contributed by atoms with Crippen molar-refractivity contribution in [1.82, 2.24) is 20.2 Å². The van der Waals surface area contributed by atoms with Gasteiger partial charge < -0.3 is 20.5 Å². The van der Waals surface area contributed by atoms with Crippen molar-refractivity contribution in [3.05, 3.63) is 54.1 Å². The predicted octanol–water partition coefficient (Wildman–Crippen LogP) is 2.44. The number of nitrogens with one attached hydrogen (secondary N) is 2. The molecule has 0 spiro atoms. The second-order valence-corrected chi connectivity index (χ2v) is 6.47. The third-order valence-corrected chi connectivity index (χ3v) is 4.57. The highest BCUT2D eigenvalue weighted by molar-refractivity contribution is 6.46. The summed E-state index contributed by atoms with van der Waals surface area (Å²) in [6, 6.07) is 13.3. The number of nitrogen functional groups attached to an aromatic ring is 1. The van der Waals surface area contributed by atoms with Gasteiger partial charge in [-0.1, -0.05) is 0 Å². The summed E-state index contributed by atoms with van der Waals surface area (Å²) in [4.78, 5) is 33.7. The van der Waals surface area contributed by atoms with Gasteiger partial charge in [-0.05, 0) is 48.5 Å². The van der Waals surface area contributed by atoms with Gasteiger partial charge in [-0.3, -0.25) is 14.7 Å². The number of benzene rings is 2. The fraction of sp³-hybridized carbons (Fsp3) is 0.0952. The number of Topliss-reactive ketones (excluding diaryl/α,β-unsaturated/α-hetero) is 1. The number of nitrogens with two attached hydrogens (primary N) is 1. The van der Waals surface area contributed by atoms with E-state index in [1.54, 1.807) is 43.5 Å². The van der Waals surface area contributed by atoms with E-state index in [2.05, 4.69) is 25.5 Å². The van der Waals surface area contributed by atoms with Gasteiger partial charge in [-0.15, -0.1) is 0 Å². The number of hydrogen-bond donors (Lipinski definition) is 3. The first-order valence-electron chi connectivity index (χ1n) is 9.16. The molecule has 0 unspecified atom stereocenters. The van der Waals surface area contributed by atoms with Gasteiger partial charge in [0.25, 0.3) is 11.7 Å². The molecule has 4 aromatic rings. The van der Waals surface area contributed by atoms with Crippen LogP contribution < -0.4 is 20.5 Å². The number of nitrogens with zero attached hydrogens (tertiary/aromatic N) is 3. The number of aromatic amines is 1. The molecular formula is C21H18N6O4. The smallest absolute Gasteiger partial charge is 0.298 e. The Morgan fingerprint density at radius 2 is 1.55 bits per heavy atom. The van der Waals surface area contributed by atoms with Crippen LogP contribution in [0.5, 0.6) is 11.5 Å². The van der Waals surface area contributed by atoms with E-state index in [0.29, 0.717) is 22.8 Å². The van der Waals surface area contributed by atoms with E-state index in [1.807, 2.05) is 0 Å². The first-order valence-corrected chi connectivity index (χ1v) is 9.16. The summed E-state index contributed by atoms with van der Waals surface area (Å²) in [5.74, 6) is -0.0581. The largest absolute Gasteiger partial charge is 0.497 e. The van der Waals surface area contributed by atoms with Gasteiger partial charge in [0.05, 0.1) is 14.2 Å². The van der Waals surface area contributed by atoms with E-state index in [1.165, 1.54) is 19.2 Å². The van der Waals surface area contributed by atoms with Crippen LogP contribution in [-0.2, 0) is 4.79 Å². The molecule has 0 radical (unpaired) electrons. The minimum absolute atomic E-state index is 0.0733. The zero-order valence-corrected chi connectivity index (χ0v) is 16.7. The van der Waals surface area contributed by atoms with E-state index in [-0.39, 0.29) is 28.4 Å². The fourth-order valence-electron chi connectivity index (χ4n) is 2.94. The Hall–Kier alpha value is -4.47. The van der Waals surface area contributed by atoms with Gasteiger partial charge in [-0.25, -0.2) is 9.97 Å². The third-order valence-electron chi connectivity index (χ3n) is 4.57. The van der Waals surface area contributed by atoms with Gasteiger partial charge in [0.15, 0.2) is 22.8 Å². The highest BCUT2D eigenvalue weighted by Crippen LogP contribution is 2.28. The number of carbonyl (C=O) groups is 2. The molecule has 0 bridgehead atoms. The Morgan fingerprint density at radius 3 is 2.16 bits per heavy atom. The molecule has 0 atom stereocenters. The molecule has 1 amide bonds. The highest BCUT2D eigenvalue weighted by atomic mass is 16.5. The minimum atomic E-state index is -0.858. The van der Waals surface area contributed by atoms with Crippen molar-refractivity contribution in [2.24, 2.45) is 0 Å². The summed E-state index contributed by atoms with van der Waals surface area (Å²) in [5, 5.41) is 9.15. The van der Waals surface area contributed by atoms with Crippen LogP contribution >= 0.6 is 0 Å². The molecule has 4 rings (SSSR count). The maximum Gasteiger partial charge on any atom is 0.298 e. The lowest BCUT2D eigenvalue weighted by atomic mass is 10.1. The van der Waals surface area contributed by atoms with Crippen LogP contribution in [0.15, 0.2) is 48.5 Å². The van der Waals surface area contributed by atoms with Crippen molar-refractivity contribution < 1.29 is 19.1 Å². The van der Waals surface area contributed by atoms with E-state index >= 15 is 0 Å². The summed E-state index contributed by atoms with van der Waals surface area (Å²) in [5.41, 5.74) is 7.93. The van der Waals surface area contributed by atoms with Crippen LogP contribution in [0.1, 0.15) is 10.4 Å². The number of ketones is 1. The van der Waals surface area contributed by atoms with E-state index in [0.717, 1.165) is 0 Å². The average Bonchev–Trinajstić information content (AvgIpc) is 3.19. The van der Waals surface area contributed by atoms with Gasteiger partial charge in [-0.2, -0.15) is 5.10 Å². The molecule has 0 aliphatic carbocycles. The number of aromatic nitrogens is 4. The molecule has 0 aliphatic heterocycles. The standard InChI is InChI=1S/C21H18N6O4/c1-30-13-7-3-11(4-8-13)15-18(22)24-19-16(23-15)20(27-26-19)25-21(29)17(28)12-5-9-14(31-2)10-6-12/h3-10H,1-2H3,(H4,22,24,25,26,27,29). The Morgan fingerprint density at radius 1 is 0.935 bits per heavy atom. The molecule has 156 valence electrons. The van der Waals surface area contributed by atoms with Crippen LogP contribution in [0.25, 0.3) is 22.4 Å². The number of anilines is 2. The summed E-state index contributed by atoms with van der Waals surface area (Å²) in [6.07, 6.45) is 0. The topological polar surface area (TPSA) is 145 Å². The van der Waals surface area contributed by atoms with Crippen LogP contribution in [0.3, 0.4) is 0 Å². The van der Waals surface area contributed by atoms with Gasteiger partial charge in [0.1, 0.15) is 17.2 Å². The SMILES string of the molecule is COc1ccc(C(=O)C(=O)Nc2n[nH]c3nc(N)c(-c4ccc(OC)cc4)nc23)cc1. The lowest BCUT2D eigenvalue weighted by molar-refractivity contribution is -0.112. The molecule has 2 aromatic carbocycles. The Balaban J connectivity index is 1.63. The molecule has 0 fully saturated rings. The predicted molar refractivity (Wildman–Crippen MR) is 114 cm³/mol. The molecular weight excluding hydrogens is 400 g/mol. The van der Waals surface area contributed by atoms with Crippen LogP contribution in [-0.4, -0.2) is 46.1 Å². The molecule has 0 aliphatic rings. The molecule has 31 heavy (non-hydrogen) atoms. The van der Waals surface area contributed by atoms with Crippen molar-refractivity contribution in [2.75, 3.05) is 25.3 Å². The maximum absolute atomic E-state index is 12.5. The summed E-state index contributed by atoms with van der Waals surface area (Å²) >= 11 is 0. The summed E-state index contributed by atoms with van der Waals surface area (Å²) in [6.45, 7) is 0. The molecule has 0 saturated heterocycles. The normalized spacial score (nSPS) is 10.6. The number of fused-ring (bicyclic) bond motifs is 1. The number of carbonyl (C=O) groups excluding carboxylic acids is 2. The van der Waals surface area contributed by atoms with E-state index in [4.69, 9.17) is 15.2 Å². The number of H-pyrrole nitrogens is 1. The monoisotopic (exact) mass is 418 g/mol. The number of amides is 1. The molecule has 2 heterocycles. The molecule has 0 saturated carbocycles. The first kappa shape index (κ1) is 19.8. The lowest BCUT2D eigenvalue weighted by Gasteiger charge is -2.07. The van der Waals surface area contributed by atoms with Gasteiger partial charge in [0, 0.05) is 11.1 Å². The van der Waals surface area contributed by atoms with Crippen molar-refractivity contribution in [3.8, 4) is 22.8 Å². The average molecular weight is 418 g/mol. The quantitative estimate of drug-likeness (QED) is 0.320. The van der Waals surface area contributed by atoms with E-state index < -0.39 is 11.7 Å². The second-order valence-electron chi connectivity index (χ2n) is 6.47. The Labute approximate surface area is 176 Å². The number of ether oxygens (including phenoxy) is 2. The van der Waals surface area contributed by atoms with Crippen molar-refractivity contribution in [3.63, 3.8) is 0 Å². The molecule has 10 nitrogen and oxygen atoms in total. The maximum atomic E-state index is 12.5. The van der Waals surface area contributed by atoms with Crippen LogP contribution in [0.4, 0.5) is 11.6 Å². The molecule has 10 heteroatoms. The summed E-state index contributed by atoms with van der Waals surface area (Å²) in [7, 11) is 3.09. The minimum Gasteiger partial charge on any atom is -0.497 e. The van der Waals surface area contributed by atoms with Crippen molar-refractivity contribution in [2.45, 2.75) is 0 Å². The Kier molecular flexibility index (Phi) is 5.19. The van der Waals surface area contributed by atoms with Crippen molar-refractivity contribution >= 4 is 34.5 Å². The fourth-order valence-corrected chi connectivity index (χ4v) is 2.94. The lowest BCUT2D eigenvalue weighted by Crippen LogP contribution is -2.23. The zero-order valence-electron chi connectivity index (χ0n) is 16.7. The first-order chi connectivity index (χ1) is 15.0. The Bertz CT molecular complexity index is 1270. The van der Waals surface area contributed by atoms with Gasteiger partial charge >= 0.3 is 0 Å². The summed E-state index contributed by atoms with van der Waals surface area (Å²) < 4.78 is 10.2. The second kappa shape index (κ2) is 8.11.